The van der Waals surface area contributed by atoms with Crippen molar-refractivity contribution < 1.29 is 4.42 Å². The van der Waals surface area contributed by atoms with Gasteiger partial charge < -0.3 is 9.32 Å². The van der Waals surface area contributed by atoms with Gasteiger partial charge in [0.1, 0.15) is 11.2 Å². The first-order chi connectivity index (χ1) is 27.8. The van der Waals surface area contributed by atoms with Crippen LogP contribution in [-0.4, -0.2) is 0 Å². The van der Waals surface area contributed by atoms with E-state index in [0.29, 0.717) is 0 Å². The van der Waals surface area contributed by atoms with Crippen molar-refractivity contribution in [2.24, 2.45) is 0 Å². The summed E-state index contributed by atoms with van der Waals surface area (Å²) in [5, 5.41) is 9.47. The Bertz CT molecular complexity index is 3220. The molecule has 0 radical (unpaired) electrons. The van der Waals surface area contributed by atoms with Gasteiger partial charge in [-0.05, 0) is 97.2 Å². The molecule has 11 rings (SSSR count). The molecule has 0 aliphatic heterocycles. The van der Waals surface area contributed by atoms with Gasteiger partial charge in [0, 0.05) is 33.1 Å². The molecule has 0 N–H and O–H groups in total. The van der Waals surface area contributed by atoms with E-state index < -0.39 is 0 Å². The highest BCUT2D eigenvalue weighted by Crippen LogP contribution is 2.46. The van der Waals surface area contributed by atoms with E-state index in [9.17, 15) is 0 Å². The Balaban J connectivity index is 1.12. The van der Waals surface area contributed by atoms with Crippen molar-refractivity contribution in [2.75, 3.05) is 4.90 Å². The van der Waals surface area contributed by atoms with E-state index in [1.54, 1.807) is 0 Å². The van der Waals surface area contributed by atoms with Crippen LogP contribution in [0.25, 0.3) is 87.6 Å². The molecule has 2 heteroatoms. The fourth-order valence-electron chi connectivity index (χ4n) is 8.58. The molecule has 0 aliphatic rings. The lowest BCUT2D eigenvalue weighted by Crippen LogP contribution is -2.10. The second-order valence-electron chi connectivity index (χ2n) is 14.5. The van der Waals surface area contributed by atoms with E-state index in [4.69, 9.17) is 4.42 Å². The zero-order valence-corrected chi connectivity index (χ0v) is 30.6. The summed E-state index contributed by atoms with van der Waals surface area (Å²) in [7, 11) is 0. The number of nitrogens with zero attached hydrogens (tertiary/aromatic N) is 1. The van der Waals surface area contributed by atoms with E-state index in [1.165, 1.54) is 43.8 Å². The monoisotopic (exact) mass is 713 g/mol. The minimum Gasteiger partial charge on any atom is -0.455 e. The molecule has 0 amide bonds. The first kappa shape index (κ1) is 32.0. The molecule has 262 valence electrons. The fraction of sp³-hybridized carbons (Fsp3) is 0. The first-order valence-corrected chi connectivity index (χ1v) is 19.2. The zero-order valence-electron chi connectivity index (χ0n) is 30.6. The van der Waals surface area contributed by atoms with E-state index in [0.717, 1.165) is 60.9 Å². The van der Waals surface area contributed by atoms with Gasteiger partial charge in [-0.25, -0.2) is 0 Å². The van der Waals surface area contributed by atoms with E-state index in [2.05, 4.69) is 217 Å². The molecule has 2 nitrogen and oxygen atoms in total. The molecule has 1 heterocycles. The molecular weight excluding hydrogens is 679 g/mol. The Morgan fingerprint density at radius 1 is 0.304 bits per heavy atom. The molecule has 0 spiro atoms. The topological polar surface area (TPSA) is 16.4 Å². The Hall–Kier alpha value is -7.42. The molecule has 0 fully saturated rings. The molecule has 0 atom stereocenters. The number of hydrogen-bond acceptors (Lipinski definition) is 2. The summed E-state index contributed by atoms with van der Waals surface area (Å²) in [5.74, 6) is 0. The molecular formula is C54H35NO. The fourth-order valence-corrected chi connectivity index (χ4v) is 8.58. The van der Waals surface area contributed by atoms with Crippen molar-refractivity contribution >= 4 is 71.3 Å². The van der Waals surface area contributed by atoms with E-state index >= 15 is 0 Å². The normalized spacial score (nSPS) is 11.6. The van der Waals surface area contributed by atoms with Crippen LogP contribution in [0.1, 0.15) is 0 Å². The van der Waals surface area contributed by atoms with E-state index in [1.807, 2.05) is 0 Å². The molecule has 0 aliphatic carbocycles. The van der Waals surface area contributed by atoms with Crippen molar-refractivity contribution in [3.63, 3.8) is 0 Å². The van der Waals surface area contributed by atoms with Gasteiger partial charge in [-0.1, -0.05) is 170 Å². The maximum Gasteiger partial charge on any atom is 0.145 e. The number of fused-ring (bicyclic) bond motifs is 8. The first-order valence-electron chi connectivity index (χ1n) is 19.2. The second kappa shape index (κ2) is 13.2. The summed E-state index contributed by atoms with van der Waals surface area (Å²) >= 11 is 0. The number of benzene rings is 10. The van der Waals surface area contributed by atoms with Gasteiger partial charge in [-0.2, -0.15) is 0 Å². The maximum atomic E-state index is 7.02. The summed E-state index contributed by atoms with van der Waals surface area (Å²) in [5.41, 5.74) is 12.0. The largest absolute Gasteiger partial charge is 0.455 e. The van der Waals surface area contributed by atoms with Crippen LogP contribution in [0.15, 0.2) is 217 Å². The van der Waals surface area contributed by atoms with Crippen LogP contribution in [0.3, 0.4) is 0 Å². The lowest BCUT2D eigenvalue weighted by molar-refractivity contribution is 0.674. The smallest absolute Gasteiger partial charge is 0.145 e. The highest BCUT2D eigenvalue weighted by atomic mass is 16.3. The maximum absolute atomic E-state index is 7.02. The minimum atomic E-state index is 0.890. The lowest BCUT2D eigenvalue weighted by Gasteiger charge is -2.27. The third-order valence-electron chi connectivity index (χ3n) is 11.2. The molecule has 0 saturated carbocycles. The molecule has 10 aromatic carbocycles. The van der Waals surface area contributed by atoms with Gasteiger partial charge in [0.25, 0.3) is 0 Å². The zero-order chi connectivity index (χ0) is 37.0. The summed E-state index contributed by atoms with van der Waals surface area (Å²) in [6.07, 6.45) is 0. The highest BCUT2D eigenvalue weighted by molar-refractivity contribution is 6.21. The summed E-state index contributed by atoms with van der Waals surface area (Å²) < 4.78 is 7.02. The SMILES string of the molecule is c1ccc(-c2ccc(N(c3ccc(-c4cc5ccccc5c5ccccc45)cc3)c3cccc4ccc5c6cccc(-c7ccccc7)c6oc5c34)cc2)cc1. The van der Waals surface area contributed by atoms with E-state index in [-0.39, 0.29) is 0 Å². The Morgan fingerprint density at radius 3 is 1.59 bits per heavy atom. The van der Waals surface area contributed by atoms with Gasteiger partial charge in [0.2, 0.25) is 0 Å². The highest BCUT2D eigenvalue weighted by Gasteiger charge is 2.21. The quantitative estimate of drug-likeness (QED) is 0.160. The van der Waals surface area contributed by atoms with Gasteiger partial charge in [0.05, 0.1) is 5.69 Å². The average molecular weight is 714 g/mol. The lowest BCUT2D eigenvalue weighted by atomic mass is 9.93. The van der Waals surface area contributed by atoms with Crippen LogP contribution in [0, 0.1) is 0 Å². The number of furan rings is 1. The molecule has 1 aromatic heterocycles. The van der Waals surface area contributed by atoms with Crippen LogP contribution in [-0.2, 0) is 0 Å². The van der Waals surface area contributed by atoms with Gasteiger partial charge in [-0.3, -0.25) is 0 Å². The molecule has 0 unspecified atom stereocenters. The van der Waals surface area contributed by atoms with Crippen LogP contribution < -0.4 is 4.90 Å². The third kappa shape index (κ3) is 5.26. The minimum absolute atomic E-state index is 0.890. The van der Waals surface area contributed by atoms with Gasteiger partial charge >= 0.3 is 0 Å². The predicted octanol–water partition coefficient (Wildman–Crippen LogP) is 15.5. The molecule has 0 saturated heterocycles. The van der Waals surface area contributed by atoms with Crippen molar-refractivity contribution in [3.05, 3.63) is 212 Å². The van der Waals surface area contributed by atoms with Crippen molar-refractivity contribution in [1.29, 1.82) is 0 Å². The van der Waals surface area contributed by atoms with Crippen LogP contribution >= 0.6 is 0 Å². The average Bonchev–Trinajstić information content (AvgIpc) is 3.67. The Kier molecular flexibility index (Phi) is 7.53. The third-order valence-corrected chi connectivity index (χ3v) is 11.2. The molecule has 0 bridgehead atoms. The predicted molar refractivity (Wildman–Crippen MR) is 237 cm³/mol. The second-order valence-corrected chi connectivity index (χ2v) is 14.5. The van der Waals surface area contributed by atoms with Crippen LogP contribution in [0.4, 0.5) is 17.1 Å². The number of para-hydroxylation sites is 1. The summed E-state index contributed by atoms with van der Waals surface area (Å²) in [6.45, 7) is 0. The van der Waals surface area contributed by atoms with Crippen molar-refractivity contribution in [1.82, 2.24) is 0 Å². The summed E-state index contributed by atoms with van der Waals surface area (Å²) in [4.78, 5) is 2.38. The number of hydrogen-bond donors (Lipinski definition) is 0. The van der Waals surface area contributed by atoms with Gasteiger partial charge in [0.15, 0.2) is 0 Å². The Morgan fingerprint density at radius 2 is 0.839 bits per heavy atom. The molecule has 56 heavy (non-hydrogen) atoms. The van der Waals surface area contributed by atoms with Crippen molar-refractivity contribution in [2.45, 2.75) is 0 Å². The van der Waals surface area contributed by atoms with Gasteiger partial charge in [-0.15, -0.1) is 0 Å². The Labute approximate surface area is 325 Å². The number of anilines is 3. The van der Waals surface area contributed by atoms with Crippen LogP contribution in [0.5, 0.6) is 0 Å². The number of rotatable bonds is 6. The standard InChI is InChI=1S/C54H35NO/c1-3-13-36(14-4-1)37-25-30-42(31-26-37)55(43-32-27-39(28-33-43)50-35-41-17-7-8-19-44(41)46-20-9-10-21-47(46)50)51-24-11-18-40-29-34-49-48-23-12-22-45(38-15-5-2-6-16-38)53(48)56-54(49)52(40)51/h1-35H. The molecule has 11 aromatic rings. The summed E-state index contributed by atoms with van der Waals surface area (Å²) in [6, 6.07) is 76.3. The van der Waals surface area contributed by atoms with Crippen LogP contribution in [0.2, 0.25) is 0 Å². The van der Waals surface area contributed by atoms with Crippen molar-refractivity contribution in [3.8, 4) is 33.4 Å².